The van der Waals surface area contributed by atoms with Gasteiger partial charge in [-0.2, -0.15) is 13.2 Å². The number of carbonyl (C=O) groups excluding carboxylic acids is 1. The van der Waals surface area contributed by atoms with Crippen LogP contribution in [0.1, 0.15) is 6.42 Å². The molecule has 15 heavy (non-hydrogen) atoms. The van der Waals surface area contributed by atoms with Crippen molar-refractivity contribution in [3.63, 3.8) is 0 Å². The van der Waals surface area contributed by atoms with Crippen LogP contribution in [0.25, 0.3) is 0 Å². The van der Waals surface area contributed by atoms with Crippen LogP contribution in [-0.4, -0.2) is 47.4 Å². The molecule has 1 aliphatic rings. The molecule has 0 aromatic rings. The van der Waals surface area contributed by atoms with Crippen LogP contribution in [0.15, 0.2) is 0 Å². The second-order valence-corrected chi connectivity index (χ2v) is 3.01. The Morgan fingerprint density at radius 3 is 2.40 bits per heavy atom. The lowest BCUT2D eigenvalue weighted by Crippen LogP contribution is -2.55. The number of likely N-dealkylation sites (tertiary alicyclic amines) is 1. The third-order valence-electron chi connectivity index (χ3n) is 1.90. The predicted octanol–water partition coefficient (Wildman–Crippen LogP) is 0.844. The highest BCUT2D eigenvalue weighted by Gasteiger charge is 2.40. The van der Waals surface area contributed by atoms with Gasteiger partial charge in [0, 0.05) is 6.54 Å². The molecule has 0 unspecified atom stereocenters. The number of nitrogens with zero attached hydrogens (tertiary/aromatic N) is 1. The van der Waals surface area contributed by atoms with Crippen molar-refractivity contribution in [1.29, 1.82) is 0 Å². The van der Waals surface area contributed by atoms with E-state index in [1.807, 2.05) is 0 Å². The van der Waals surface area contributed by atoms with Gasteiger partial charge in [-0.1, -0.05) is 0 Å². The fourth-order valence-corrected chi connectivity index (χ4v) is 1.09. The molecule has 0 spiro atoms. The maximum absolute atomic E-state index is 11.6. The monoisotopic (exact) mass is 227 g/mol. The summed E-state index contributed by atoms with van der Waals surface area (Å²) in [6, 6.07) is -1.06. The van der Waals surface area contributed by atoms with Gasteiger partial charge in [-0.3, -0.25) is 4.90 Å². The number of ether oxygens (including phenoxy) is 1. The molecule has 0 bridgehead atoms. The molecule has 8 heteroatoms. The average Bonchev–Trinajstić information content (AvgIpc) is 1.96. The number of hydrogen-bond donors (Lipinski definition) is 1. The molecule has 1 heterocycles. The van der Waals surface area contributed by atoms with Crippen molar-refractivity contribution in [1.82, 2.24) is 4.90 Å². The van der Waals surface area contributed by atoms with E-state index in [1.165, 1.54) is 0 Å². The van der Waals surface area contributed by atoms with Crippen LogP contribution in [0.3, 0.4) is 0 Å². The number of rotatable bonds is 2. The minimum absolute atomic E-state index is 0.105. The smallest absolute Gasteiger partial charge is 0.422 e. The largest absolute Gasteiger partial charge is 0.480 e. The first-order chi connectivity index (χ1) is 6.81. The molecule has 1 aliphatic heterocycles. The Hall–Kier alpha value is -1.47. The van der Waals surface area contributed by atoms with Crippen LogP contribution in [0.5, 0.6) is 0 Å². The zero-order valence-corrected chi connectivity index (χ0v) is 7.45. The lowest BCUT2D eigenvalue weighted by Gasteiger charge is -2.36. The van der Waals surface area contributed by atoms with Gasteiger partial charge < -0.3 is 9.84 Å². The van der Waals surface area contributed by atoms with E-state index in [0.717, 1.165) is 4.90 Å². The number of carbonyl (C=O) groups is 2. The predicted molar refractivity (Wildman–Crippen MR) is 40.1 cm³/mol. The summed E-state index contributed by atoms with van der Waals surface area (Å²) < 4.78 is 38.8. The van der Waals surface area contributed by atoms with E-state index >= 15 is 0 Å². The van der Waals surface area contributed by atoms with Crippen molar-refractivity contribution in [2.75, 3.05) is 13.2 Å². The number of halogens is 3. The Balaban J connectivity index is 2.39. The van der Waals surface area contributed by atoms with E-state index in [9.17, 15) is 22.8 Å². The van der Waals surface area contributed by atoms with Crippen molar-refractivity contribution >= 4 is 12.1 Å². The van der Waals surface area contributed by atoms with Crippen LogP contribution < -0.4 is 0 Å². The molecule has 1 N–H and O–H groups in total. The van der Waals surface area contributed by atoms with E-state index in [-0.39, 0.29) is 13.0 Å². The van der Waals surface area contributed by atoms with Crippen molar-refractivity contribution < 1.29 is 32.6 Å². The van der Waals surface area contributed by atoms with Gasteiger partial charge in [0.25, 0.3) is 0 Å². The number of hydrogen-bond acceptors (Lipinski definition) is 3. The molecular formula is C7H8F3NO4. The van der Waals surface area contributed by atoms with Crippen LogP contribution >= 0.6 is 0 Å². The van der Waals surface area contributed by atoms with Gasteiger partial charge in [-0.05, 0) is 6.42 Å². The summed E-state index contributed by atoms with van der Waals surface area (Å²) in [4.78, 5) is 22.1. The molecule has 0 saturated carbocycles. The van der Waals surface area contributed by atoms with Crippen molar-refractivity contribution in [3.8, 4) is 0 Å². The highest BCUT2D eigenvalue weighted by Crippen LogP contribution is 2.20. The second kappa shape index (κ2) is 3.95. The first-order valence-corrected chi connectivity index (χ1v) is 4.04. The lowest BCUT2D eigenvalue weighted by molar-refractivity contribution is -0.165. The molecular weight excluding hydrogens is 219 g/mol. The Morgan fingerprint density at radius 2 is 2.07 bits per heavy atom. The van der Waals surface area contributed by atoms with Crippen LogP contribution in [0.4, 0.5) is 18.0 Å². The molecule has 1 amide bonds. The second-order valence-electron chi connectivity index (χ2n) is 3.01. The summed E-state index contributed by atoms with van der Waals surface area (Å²) in [5.74, 6) is -1.25. The molecule has 0 aromatic heterocycles. The SMILES string of the molecule is O=C(O)[C@@H]1CCN1C(=O)OCC(F)(F)F. The third-order valence-corrected chi connectivity index (χ3v) is 1.90. The zero-order chi connectivity index (χ0) is 11.6. The number of carboxylic acids is 1. The van der Waals surface area contributed by atoms with Crippen LogP contribution in [-0.2, 0) is 9.53 Å². The fourth-order valence-electron chi connectivity index (χ4n) is 1.09. The van der Waals surface area contributed by atoms with Crippen molar-refractivity contribution in [2.24, 2.45) is 0 Å². The minimum atomic E-state index is -4.60. The number of carboxylic acid groups (broad SMARTS) is 1. The van der Waals surface area contributed by atoms with Crippen LogP contribution in [0.2, 0.25) is 0 Å². The van der Waals surface area contributed by atoms with Crippen molar-refractivity contribution in [3.05, 3.63) is 0 Å². The van der Waals surface area contributed by atoms with Gasteiger partial charge in [0.1, 0.15) is 6.04 Å². The molecule has 86 valence electrons. The Labute approximate surface area is 82.4 Å². The van der Waals surface area contributed by atoms with Gasteiger partial charge in [0.05, 0.1) is 0 Å². The quantitative estimate of drug-likeness (QED) is 0.759. The van der Waals surface area contributed by atoms with E-state index < -0.39 is 30.9 Å². The summed E-state index contributed by atoms with van der Waals surface area (Å²) in [6.45, 7) is -1.59. The van der Waals surface area contributed by atoms with Gasteiger partial charge >= 0.3 is 18.2 Å². The summed E-state index contributed by atoms with van der Waals surface area (Å²) in [5, 5.41) is 8.51. The summed E-state index contributed by atoms with van der Waals surface area (Å²) in [7, 11) is 0. The first-order valence-electron chi connectivity index (χ1n) is 4.04. The topological polar surface area (TPSA) is 66.8 Å². The van der Waals surface area contributed by atoms with E-state index in [0.29, 0.717) is 0 Å². The molecule has 5 nitrogen and oxygen atoms in total. The maximum Gasteiger partial charge on any atom is 0.422 e. The van der Waals surface area contributed by atoms with Crippen LogP contribution in [0, 0.1) is 0 Å². The first kappa shape index (κ1) is 11.6. The Kier molecular flexibility index (Phi) is 3.06. The van der Waals surface area contributed by atoms with Gasteiger partial charge in [-0.25, -0.2) is 9.59 Å². The Bertz CT molecular complexity index is 278. The van der Waals surface area contributed by atoms with Gasteiger partial charge in [0.2, 0.25) is 0 Å². The third kappa shape index (κ3) is 3.00. The summed E-state index contributed by atoms with van der Waals surface area (Å²) in [6.07, 6.45) is -5.61. The van der Waals surface area contributed by atoms with Gasteiger partial charge in [0.15, 0.2) is 6.61 Å². The maximum atomic E-state index is 11.6. The molecule has 0 aliphatic carbocycles. The van der Waals surface area contributed by atoms with Crippen molar-refractivity contribution in [2.45, 2.75) is 18.6 Å². The summed E-state index contributed by atoms with van der Waals surface area (Å²) in [5.41, 5.74) is 0. The highest BCUT2D eigenvalue weighted by molar-refractivity contribution is 5.81. The normalized spacial score (nSPS) is 20.7. The zero-order valence-electron chi connectivity index (χ0n) is 7.45. The lowest BCUT2D eigenvalue weighted by atomic mass is 10.1. The molecule has 0 radical (unpaired) electrons. The number of aliphatic carboxylic acids is 1. The number of amides is 1. The van der Waals surface area contributed by atoms with Gasteiger partial charge in [-0.15, -0.1) is 0 Å². The number of alkyl halides is 3. The molecule has 1 rings (SSSR count). The molecule has 1 saturated heterocycles. The molecule has 1 atom stereocenters. The average molecular weight is 227 g/mol. The van der Waals surface area contributed by atoms with E-state index in [4.69, 9.17) is 5.11 Å². The summed E-state index contributed by atoms with van der Waals surface area (Å²) >= 11 is 0. The molecule has 0 aromatic carbocycles. The van der Waals surface area contributed by atoms with E-state index in [1.54, 1.807) is 0 Å². The van der Waals surface area contributed by atoms with E-state index in [2.05, 4.69) is 4.74 Å². The highest BCUT2D eigenvalue weighted by atomic mass is 19.4. The molecule has 1 fully saturated rings. The minimum Gasteiger partial charge on any atom is -0.480 e. The standard InChI is InChI=1S/C7H8F3NO4/c8-7(9,10)3-15-6(14)11-2-1-4(11)5(12)13/h4H,1-3H2,(H,12,13)/t4-/m0/s1. The Morgan fingerprint density at radius 1 is 1.47 bits per heavy atom. The fraction of sp³-hybridized carbons (Fsp3) is 0.714.